The van der Waals surface area contributed by atoms with Crippen LogP contribution in [-0.2, 0) is 16.2 Å². The molecule has 1 saturated heterocycles. The van der Waals surface area contributed by atoms with Crippen LogP contribution < -0.4 is 19.7 Å². The number of carbonyl (C=O) groups is 3. The van der Waals surface area contributed by atoms with Crippen LogP contribution in [0, 0.1) is 5.82 Å². The second-order valence-electron chi connectivity index (χ2n) is 7.15. The summed E-state index contributed by atoms with van der Waals surface area (Å²) in [6, 6.07) is 18.3. The number of rotatable bonds is 6. The fourth-order valence-corrected chi connectivity index (χ4v) is 3.28. The molecule has 0 aromatic heterocycles. The van der Waals surface area contributed by atoms with Gasteiger partial charge in [0, 0.05) is 0 Å². The quantitative estimate of drug-likeness (QED) is 0.456. The van der Waals surface area contributed by atoms with Gasteiger partial charge in [-0.15, -0.1) is 0 Å². The normalized spacial score (nSPS) is 14.9. The lowest BCUT2D eigenvalue weighted by molar-refractivity contribution is -0.122. The minimum absolute atomic E-state index is 0.150. The third-order valence-corrected chi connectivity index (χ3v) is 4.90. The summed E-state index contributed by atoms with van der Waals surface area (Å²) in [5.74, 6) is -0.862. The van der Waals surface area contributed by atoms with Crippen molar-refractivity contribution in [2.24, 2.45) is 0 Å². The Morgan fingerprint density at radius 1 is 0.939 bits per heavy atom. The smallest absolute Gasteiger partial charge is 0.335 e. The molecule has 1 N–H and O–H groups in total. The van der Waals surface area contributed by atoms with Gasteiger partial charge in [0.2, 0.25) is 0 Å². The first-order valence-corrected chi connectivity index (χ1v) is 9.97. The van der Waals surface area contributed by atoms with E-state index in [0.29, 0.717) is 28.3 Å². The van der Waals surface area contributed by atoms with Crippen molar-refractivity contribution in [3.63, 3.8) is 0 Å². The lowest BCUT2D eigenvalue weighted by atomic mass is 10.1. The monoisotopic (exact) mass is 446 g/mol. The molecule has 1 aliphatic heterocycles. The van der Waals surface area contributed by atoms with E-state index in [1.165, 1.54) is 25.3 Å². The Bertz CT molecular complexity index is 1250. The molecule has 0 bridgehead atoms. The van der Waals surface area contributed by atoms with Crippen molar-refractivity contribution in [3.8, 4) is 11.5 Å². The number of nitrogens with zero attached hydrogens (tertiary/aromatic N) is 1. The predicted molar refractivity (Wildman–Crippen MR) is 119 cm³/mol. The summed E-state index contributed by atoms with van der Waals surface area (Å²) in [6.07, 6.45) is 1.38. The summed E-state index contributed by atoms with van der Waals surface area (Å²) in [5, 5.41) is 2.18. The SMILES string of the molecule is COc1ccc(N2C(=O)NC(=O)C(=Cc3cccc(OCc4cccc(F)c4)c3)C2=O)cc1. The molecule has 8 heteroatoms. The molecule has 7 nitrogen and oxygen atoms in total. The zero-order valence-electron chi connectivity index (χ0n) is 17.6. The van der Waals surface area contributed by atoms with Crippen LogP contribution in [0.25, 0.3) is 6.08 Å². The Balaban J connectivity index is 1.56. The van der Waals surface area contributed by atoms with E-state index in [1.54, 1.807) is 60.7 Å². The Hall–Kier alpha value is -4.46. The number of urea groups is 1. The number of nitrogens with one attached hydrogen (secondary N) is 1. The Morgan fingerprint density at radius 3 is 2.42 bits per heavy atom. The molecule has 1 aliphatic rings. The fraction of sp³-hybridized carbons (Fsp3) is 0.0800. The van der Waals surface area contributed by atoms with Crippen molar-refractivity contribution >= 4 is 29.6 Å². The summed E-state index contributed by atoms with van der Waals surface area (Å²) in [4.78, 5) is 38.6. The van der Waals surface area contributed by atoms with E-state index >= 15 is 0 Å². The molecule has 0 atom stereocenters. The second kappa shape index (κ2) is 9.35. The van der Waals surface area contributed by atoms with Crippen LogP contribution in [0.1, 0.15) is 11.1 Å². The number of halogens is 1. The van der Waals surface area contributed by atoms with Crippen molar-refractivity contribution in [3.05, 3.63) is 95.3 Å². The molecule has 33 heavy (non-hydrogen) atoms. The maximum Gasteiger partial charge on any atom is 0.335 e. The summed E-state index contributed by atoms with van der Waals surface area (Å²) in [5.41, 5.74) is 1.28. The van der Waals surface area contributed by atoms with E-state index < -0.39 is 17.8 Å². The lowest BCUT2D eigenvalue weighted by Gasteiger charge is -2.26. The van der Waals surface area contributed by atoms with Gasteiger partial charge < -0.3 is 9.47 Å². The number of hydrogen-bond acceptors (Lipinski definition) is 5. The Morgan fingerprint density at radius 2 is 1.70 bits per heavy atom. The van der Waals surface area contributed by atoms with Gasteiger partial charge in [-0.2, -0.15) is 0 Å². The third-order valence-electron chi connectivity index (χ3n) is 4.90. The first-order chi connectivity index (χ1) is 15.9. The van der Waals surface area contributed by atoms with Gasteiger partial charge in [-0.3, -0.25) is 14.9 Å². The topological polar surface area (TPSA) is 84.9 Å². The molecule has 1 heterocycles. The van der Waals surface area contributed by atoms with Gasteiger partial charge >= 0.3 is 6.03 Å². The molecule has 166 valence electrons. The Labute approximate surface area is 189 Å². The number of barbiturate groups is 1. The number of carbonyl (C=O) groups excluding carboxylic acids is 3. The van der Waals surface area contributed by atoms with Gasteiger partial charge in [0.05, 0.1) is 12.8 Å². The van der Waals surface area contributed by atoms with Gasteiger partial charge in [0.15, 0.2) is 0 Å². The van der Waals surface area contributed by atoms with E-state index in [4.69, 9.17) is 9.47 Å². The molecule has 0 saturated carbocycles. The standard InChI is InChI=1S/C25H19FN2O5/c1-32-20-10-8-19(9-11-20)28-24(30)22(23(29)27-25(28)31)14-16-4-3-7-21(13-16)33-15-17-5-2-6-18(26)12-17/h2-14H,15H2,1H3,(H,27,29,31). The first-order valence-electron chi connectivity index (χ1n) is 9.97. The number of benzene rings is 3. The number of amides is 4. The van der Waals surface area contributed by atoms with Crippen molar-refractivity contribution < 1.29 is 28.2 Å². The molecule has 4 amide bonds. The third kappa shape index (κ3) is 4.90. The summed E-state index contributed by atoms with van der Waals surface area (Å²) in [6.45, 7) is 0.150. The minimum Gasteiger partial charge on any atom is -0.497 e. The van der Waals surface area contributed by atoms with Crippen molar-refractivity contribution in [2.45, 2.75) is 6.61 Å². The van der Waals surface area contributed by atoms with Crippen molar-refractivity contribution in [2.75, 3.05) is 12.0 Å². The first kappa shape index (κ1) is 21.8. The van der Waals surface area contributed by atoms with E-state index in [2.05, 4.69) is 5.32 Å². The van der Waals surface area contributed by atoms with Crippen LogP contribution in [0.4, 0.5) is 14.9 Å². The predicted octanol–water partition coefficient (Wildman–Crippen LogP) is 4.08. The summed E-state index contributed by atoms with van der Waals surface area (Å²) < 4.78 is 24.1. The highest BCUT2D eigenvalue weighted by molar-refractivity contribution is 6.39. The maximum atomic E-state index is 13.3. The lowest BCUT2D eigenvalue weighted by Crippen LogP contribution is -2.54. The molecule has 0 spiro atoms. The van der Waals surface area contributed by atoms with E-state index in [-0.39, 0.29) is 18.0 Å². The van der Waals surface area contributed by atoms with Gasteiger partial charge in [0.1, 0.15) is 29.5 Å². The van der Waals surface area contributed by atoms with E-state index in [9.17, 15) is 18.8 Å². The number of hydrogen-bond donors (Lipinski definition) is 1. The van der Waals surface area contributed by atoms with Crippen LogP contribution in [0.5, 0.6) is 11.5 Å². The molecule has 1 fully saturated rings. The van der Waals surface area contributed by atoms with Crippen LogP contribution in [0.15, 0.2) is 78.4 Å². The van der Waals surface area contributed by atoms with Gasteiger partial charge in [-0.1, -0.05) is 24.3 Å². The molecular formula is C25H19FN2O5. The second-order valence-corrected chi connectivity index (χ2v) is 7.15. The zero-order chi connectivity index (χ0) is 23.4. The number of imide groups is 2. The number of methoxy groups -OCH3 is 1. The molecule has 3 aromatic carbocycles. The van der Waals surface area contributed by atoms with Crippen LogP contribution in [-0.4, -0.2) is 25.0 Å². The molecule has 4 rings (SSSR count). The highest BCUT2D eigenvalue weighted by Gasteiger charge is 2.36. The largest absolute Gasteiger partial charge is 0.497 e. The van der Waals surface area contributed by atoms with Crippen molar-refractivity contribution in [1.29, 1.82) is 0 Å². The molecule has 0 aliphatic carbocycles. The Kier molecular flexibility index (Phi) is 6.17. The number of anilines is 1. The van der Waals surface area contributed by atoms with Gasteiger partial charge in [-0.25, -0.2) is 14.1 Å². The fourth-order valence-electron chi connectivity index (χ4n) is 3.28. The number of ether oxygens (including phenoxy) is 2. The van der Waals surface area contributed by atoms with Crippen molar-refractivity contribution in [1.82, 2.24) is 5.32 Å². The summed E-state index contributed by atoms with van der Waals surface area (Å²) in [7, 11) is 1.50. The van der Waals surface area contributed by atoms with Crippen LogP contribution in [0.2, 0.25) is 0 Å². The zero-order valence-corrected chi connectivity index (χ0v) is 17.6. The average Bonchev–Trinajstić information content (AvgIpc) is 2.81. The van der Waals surface area contributed by atoms with Crippen LogP contribution in [0.3, 0.4) is 0 Å². The average molecular weight is 446 g/mol. The maximum absolute atomic E-state index is 13.3. The molecular weight excluding hydrogens is 427 g/mol. The highest BCUT2D eigenvalue weighted by Crippen LogP contribution is 2.25. The molecule has 3 aromatic rings. The highest BCUT2D eigenvalue weighted by atomic mass is 19.1. The summed E-state index contributed by atoms with van der Waals surface area (Å²) >= 11 is 0. The molecule has 0 radical (unpaired) electrons. The van der Waals surface area contributed by atoms with Crippen LogP contribution >= 0.6 is 0 Å². The molecule has 0 unspecified atom stereocenters. The minimum atomic E-state index is -0.834. The van der Waals surface area contributed by atoms with E-state index in [1.807, 2.05) is 0 Å². The van der Waals surface area contributed by atoms with E-state index in [0.717, 1.165) is 4.90 Å². The van der Waals surface area contributed by atoms with Gasteiger partial charge in [-0.05, 0) is 65.7 Å². The van der Waals surface area contributed by atoms with Gasteiger partial charge in [0.25, 0.3) is 11.8 Å².